The Bertz CT molecular complexity index is 1190. The molecule has 0 N–H and O–H groups in total. The standard InChI is InChI=1S/C24H21N3O2S2/c28-23(22-6-3-11-30-22)27-15-17-12-18(27)14-26(17)13-16-7-9-19(10-8-16)29-24-25-20-4-1-2-5-21(20)31-24/h1-11,17-18H,12-15H2/t17-,18-/m0/s1. The number of aromatic nitrogens is 1. The molecule has 31 heavy (non-hydrogen) atoms. The monoisotopic (exact) mass is 447 g/mol. The van der Waals surface area contributed by atoms with Crippen molar-refractivity contribution in [3.63, 3.8) is 0 Å². The lowest BCUT2D eigenvalue weighted by atomic mass is 10.2. The highest BCUT2D eigenvalue weighted by molar-refractivity contribution is 7.20. The molecule has 156 valence electrons. The van der Waals surface area contributed by atoms with Crippen molar-refractivity contribution in [3.8, 4) is 10.9 Å². The fourth-order valence-electron chi connectivity index (χ4n) is 4.63. The van der Waals surface area contributed by atoms with E-state index in [1.165, 1.54) is 16.9 Å². The number of para-hydroxylation sites is 1. The number of piperazine rings is 1. The molecule has 0 saturated carbocycles. The third-order valence-electron chi connectivity index (χ3n) is 6.14. The molecule has 7 heteroatoms. The molecule has 2 aromatic carbocycles. The number of hydrogen-bond donors (Lipinski definition) is 0. The number of hydrogen-bond acceptors (Lipinski definition) is 6. The molecule has 2 fully saturated rings. The van der Waals surface area contributed by atoms with Gasteiger partial charge in [0.25, 0.3) is 11.1 Å². The zero-order valence-electron chi connectivity index (χ0n) is 16.8. The molecular formula is C24H21N3O2S2. The number of carbonyl (C=O) groups excluding carboxylic acids is 1. The van der Waals surface area contributed by atoms with Crippen molar-refractivity contribution < 1.29 is 9.53 Å². The summed E-state index contributed by atoms with van der Waals surface area (Å²) in [7, 11) is 0. The maximum absolute atomic E-state index is 12.7. The maximum atomic E-state index is 12.7. The lowest BCUT2D eigenvalue weighted by molar-refractivity contribution is 0.0621. The van der Waals surface area contributed by atoms with Crippen molar-refractivity contribution in [1.82, 2.24) is 14.8 Å². The van der Waals surface area contributed by atoms with Gasteiger partial charge in [0.05, 0.1) is 15.1 Å². The zero-order valence-corrected chi connectivity index (χ0v) is 18.4. The highest BCUT2D eigenvalue weighted by atomic mass is 32.1. The van der Waals surface area contributed by atoms with Crippen molar-refractivity contribution in [3.05, 3.63) is 76.5 Å². The smallest absolute Gasteiger partial charge is 0.279 e. The van der Waals surface area contributed by atoms with E-state index < -0.39 is 0 Å². The molecule has 0 aliphatic carbocycles. The number of benzene rings is 2. The van der Waals surface area contributed by atoms with Gasteiger partial charge in [0.15, 0.2) is 0 Å². The number of ether oxygens (including phenoxy) is 1. The van der Waals surface area contributed by atoms with Gasteiger partial charge in [-0.3, -0.25) is 9.69 Å². The Hall–Kier alpha value is -2.74. The van der Waals surface area contributed by atoms with Crippen LogP contribution >= 0.6 is 22.7 Å². The van der Waals surface area contributed by atoms with Gasteiger partial charge < -0.3 is 9.64 Å². The van der Waals surface area contributed by atoms with Crippen molar-refractivity contribution in [2.75, 3.05) is 13.1 Å². The molecule has 5 nitrogen and oxygen atoms in total. The number of nitrogens with zero attached hydrogens (tertiary/aromatic N) is 3. The minimum absolute atomic E-state index is 0.193. The number of amides is 1. The highest BCUT2D eigenvalue weighted by Crippen LogP contribution is 2.34. The van der Waals surface area contributed by atoms with E-state index in [4.69, 9.17) is 4.74 Å². The van der Waals surface area contributed by atoms with Crippen LogP contribution in [0.1, 0.15) is 21.7 Å². The summed E-state index contributed by atoms with van der Waals surface area (Å²) in [5.41, 5.74) is 2.23. The predicted octanol–water partition coefficient (Wildman–Crippen LogP) is 5.25. The lowest BCUT2D eigenvalue weighted by Crippen LogP contribution is -2.48. The molecule has 2 bridgehead atoms. The van der Waals surface area contributed by atoms with E-state index in [-0.39, 0.29) is 5.91 Å². The fourth-order valence-corrected chi connectivity index (χ4v) is 6.14. The molecule has 0 unspecified atom stereocenters. The summed E-state index contributed by atoms with van der Waals surface area (Å²) in [6.45, 7) is 2.69. The number of fused-ring (bicyclic) bond motifs is 3. The Morgan fingerprint density at radius 1 is 1.03 bits per heavy atom. The molecule has 1 amide bonds. The number of likely N-dealkylation sites (tertiary alicyclic amines) is 2. The van der Waals surface area contributed by atoms with Crippen LogP contribution in [0.2, 0.25) is 0 Å². The second kappa shape index (κ2) is 7.75. The molecule has 2 aliphatic rings. The summed E-state index contributed by atoms with van der Waals surface area (Å²) < 4.78 is 7.09. The summed E-state index contributed by atoms with van der Waals surface area (Å²) in [5.74, 6) is 0.997. The van der Waals surface area contributed by atoms with E-state index in [0.29, 0.717) is 17.3 Å². The first-order chi connectivity index (χ1) is 15.2. The Kier molecular flexibility index (Phi) is 4.74. The van der Waals surface area contributed by atoms with Crippen LogP contribution in [-0.4, -0.2) is 45.9 Å². The van der Waals surface area contributed by atoms with Crippen LogP contribution in [-0.2, 0) is 6.54 Å². The van der Waals surface area contributed by atoms with Crippen molar-refractivity contribution in [2.24, 2.45) is 0 Å². The lowest BCUT2D eigenvalue weighted by Gasteiger charge is -2.34. The van der Waals surface area contributed by atoms with Gasteiger partial charge in [-0.05, 0) is 47.7 Å². The van der Waals surface area contributed by atoms with E-state index in [2.05, 4.69) is 33.0 Å². The van der Waals surface area contributed by atoms with Crippen LogP contribution in [0.4, 0.5) is 0 Å². The summed E-state index contributed by atoms with van der Waals surface area (Å²) in [6, 6.07) is 21.0. The van der Waals surface area contributed by atoms with Gasteiger partial charge in [0, 0.05) is 31.7 Å². The van der Waals surface area contributed by atoms with Crippen LogP contribution in [0, 0.1) is 0 Å². The SMILES string of the molecule is O=C(c1cccs1)N1C[C@@H]2C[C@H]1CN2Cc1ccc(Oc2nc3ccccc3s2)cc1. The van der Waals surface area contributed by atoms with Crippen LogP contribution in [0.25, 0.3) is 10.2 Å². The molecular weight excluding hydrogens is 426 g/mol. The molecule has 6 rings (SSSR count). The first kappa shape index (κ1) is 19.0. The first-order valence-electron chi connectivity index (χ1n) is 10.4. The molecule has 4 aromatic rings. The summed E-state index contributed by atoms with van der Waals surface area (Å²) >= 11 is 3.09. The van der Waals surface area contributed by atoms with Gasteiger partial charge in [0.2, 0.25) is 0 Å². The number of thiophene rings is 1. The zero-order chi connectivity index (χ0) is 20.8. The number of rotatable bonds is 5. The van der Waals surface area contributed by atoms with Crippen LogP contribution in [0.3, 0.4) is 0 Å². The van der Waals surface area contributed by atoms with Crippen molar-refractivity contribution in [1.29, 1.82) is 0 Å². The van der Waals surface area contributed by atoms with Crippen LogP contribution in [0.5, 0.6) is 10.9 Å². The Labute approximate surface area is 188 Å². The molecule has 2 aliphatic heterocycles. The van der Waals surface area contributed by atoms with Gasteiger partial charge in [-0.25, -0.2) is 4.98 Å². The minimum Gasteiger partial charge on any atom is -0.431 e. The van der Waals surface area contributed by atoms with Gasteiger partial charge in [-0.2, -0.15) is 0 Å². The topological polar surface area (TPSA) is 45.7 Å². The fraction of sp³-hybridized carbons (Fsp3) is 0.250. The average Bonchev–Trinajstić information content (AvgIpc) is 3.57. The van der Waals surface area contributed by atoms with E-state index in [1.807, 2.05) is 47.8 Å². The molecule has 2 atom stereocenters. The summed E-state index contributed by atoms with van der Waals surface area (Å²) in [4.78, 5) is 22.7. The van der Waals surface area contributed by atoms with Gasteiger partial charge in [0.1, 0.15) is 5.75 Å². The van der Waals surface area contributed by atoms with Crippen molar-refractivity contribution in [2.45, 2.75) is 25.0 Å². The van der Waals surface area contributed by atoms with E-state index >= 15 is 0 Å². The number of thiazole rings is 1. The second-order valence-electron chi connectivity index (χ2n) is 8.10. The molecule has 0 spiro atoms. The van der Waals surface area contributed by atoms with E-state index in [1.54, 1.807) is 11.3 Å². The minimum atomic E-state index is 0.193. The average molecular weight is 448 g/mol. The van der Waals surface area contributed by atoms with Gasteiger partial charge in [-0.1, -0.05) is 41.7 Å². The Morgan fingerprint density at radius 3 is 2.65 bits per heavy atom. The van der Waals surface area contributed by atoms with E-state index in [9.17, 15) is 4.79 Å². The largest absolute Gasteiger partial charge is 0.431 e. The third-order valence-corrected chi connectivity index (χ3v) is 7.91. The first-order valence-corrected chi connectivity index (χ1v) is 12.1. The summed E-state index contributed by atoms with van der Waals surface area (Å²) in [5, 5.41) is 2.64. The molecule has 2 aromatic heterocycles. The highest BCUT2D eigenvalue weighted by Gasteiger charge is 2.45. The Balaban J connectivity index is 1.08. The quantitative estimate of drug-likeness (QED) is 0.419. The molecule has 0 radical (unpaired) electrons. The number of carbonyl (C=O) groups is 1. The Morgan fingerprint density at radius 2 is 1.90 bits per heavy atom. The normalized spacial score (nSPS) is 20.6. The maximum Gasteiger partial charge on any atom is 0.279 e. The molecule has 2 saturated heterocycles. The third kappa shape index (κ3) is 3.63. The van der Waals surface area contributed by atoms with Crippen molar-refractivity contribution >= 4 is 38.8 Å². The van der Waals surface area contributed by atoms with Crippen LogP contribution in [0.15, 0.2) is 66.0 Å². The van der Waals surface area contributed by atoms with Crippen LogP contribution < -0.4 is 4.74 Å². The van der Waals surface area contributed by atoms with Gasteiger partial charge in [-0.15, -0.1) is 11.3 Å². The predicted molar refractivity (Wildman–Crippen MR) is 124 cm³/mol. The van der Waals surface area contributed by atoms with E-state index in [0.717, 1.165) is 46.9 Å². The molecule has 4 heterocycles. The second-order valence-corrected chi connectivity index (χ2v) is 10.0. The van der Waals surface area contributed by atoms with Gasteiger partial charge >= 0.3 is 0 Å². The summed E-state index contributed by atoms with van der Waals surface area (Å²) in [6.07, 6.45) is 1.08.